The number of anilines is 1. The van der Waals surface area contributed by atoms with Crippen molar-refractivity contribution in [3.8, 4) is 11.5 Å². The van der Waals surface area contributed by atoms with E-state index in [1.807, 2.05) is 28.8 Å². The predicted octanol–water partition coefficient (Wildman–Crippen LogP) is 5.69. The SMILES string of the molecule is COc1cc2[c-]ccnc2cc1OCCCN1CCOCC1.O=C(Nc1cc[c-]c(F)c1)c1cn(C2CCOCC2)c2ccccc2c1=O.[U+2]. The van der Waals surface area contributed by atoms with E-state index in [1.54, 1.807) is 37.7 Å². The summed E-state index contributed by atoms with van der Waals surface area (Å²) in [5, 5.41) is 4.02. The number of amides is 1. The molecule has 0 radical (unpaired) electrons. The molecule has 0 bridgehead atoms. The molecule has 2 aliphatic rings. The number of para-hydroxylation sites is 1. The molecule has 7 rings (SSSR count). The van der Waals surface area contributed by atoms with Crippen LogP contribution in [0.25, 0.3) is 21.8 Å². The number of carbonyl (C=O) groups excluding carboxylic acids is 1. The number of fused-ring (bicyclic) bond motifs is 2. The summed E-state index contributed by atoms with van der Waals surface area (Å²) in [4.78, 5) is 32.4. The second kappa shape index (κ2) is 18.4. The molecule has 258 valence electrons. The molecule has 4 heterocycles. The maximum atomic E-state index is 13.3. The number of halogens is 1. The van der Waals surface area contributed by atoms with Crippen molar-refractivity contribution in [3.05, 3.63) is 107 Å². The Morgan fingerprint density at radius 1 is 1.02 bits per heavy atom. The molecule has 10 nitrogen and oxygen atoms in total. The number of carbonyl (C=O) groups is 1. The molecule has 50 heavy (non-hydrogen) atoms. The van der Waals surface area contributed by atoms with Crippen LogP contribution in [-0.2, 0) is 9.47 Å². The van der Waals surface area contributed by atoms with Gasteiger partial charge in [0.1, 0.15) is 17.1 Å². The molecule has 2 aliphatic heterocycles. The van der Waals surface area contributed by atoms with Gasteiger partial charge in [0.05, 0.1) is 32.4 Å². The Bertz CT molecular complexity index is 1940. The Labute approximate surface area is 314 Å². The molecular weight excluding hydrogens is 865 g/mol. The van der Waals surface area contributed by atoms with Crippen molar-refractivity contribution in [3.63, 3.8) is 0 Å². The van der Waals surface area contributed by atoms with Crippen LogP contribution in [0, 0.1) is 49.1 Å². The van der Waals surface area contributed by atoms with Crippen LogP contribution >= 0.6 is 0 Å². The van der Waals surface area contributed by atoms with Crippen molar-refractivity contribution in [1.29, 1.82) is 0 Å². The van der Waals surface area contributed by atoms with E-state index in [-0.39, 0.29) is 53.8 Å². The minimum atomic E-state index is -0.578. The average molecular weight is 905 g/mol. The van der Waals surface area contributed by atoms with E-state index < -0.39 is 11.7 Å². The van der Waals surface area contributed by atoms with Gasteiger partial charge in [0.25, 0.3) is 5.91 Å². The summed E-state index contributed by atoms with van der Waals surface area (Å²) >= 11 is 0. The van der Waals surface area contributed by atoms with Crippen LogP contribution in [0.5, 0.6) is 11.5 Å². The van der Waals surface area contributed by atoms with E-state index in [0.717, 1.165) is 86.1 Å². The van der Waals surface area contributed by atoms with Gasteiger partial charge in [-0.3, -0.25) is 14.5 Å². The van der Waals surface area contributed by atoms with E-state index in [9.17, 15) is 14.0 Å². The van der Waals surface area contributed by atoms with Crippen molar-refractivity contribution in [2.24, 2.45) is 0 Å². The molecule has 2 fully saturated rings. The van der Waals surface area contributed by atoms with Gasteiger partial charge < -0.3 is 33.8 Å². The van der Waals surface area contributed by atoms with Crippen LogP contribution in [0.3, 0.4) is 0 Å². The Balaban J connectivity index is 0.000000195. The van der Waals surface area contributed by atoms with Gasteiger partial charge >= 0.3 is 31.1 Å². The van der Waals surface area contributed by atoms with Gasteiger partial charge in [-0.1, -0.05) is 30.1 Å². The van der Waals surface area contributed by atoms with Gasteiger partial charge in [-0.2, -0.15) is 6.07 Å². The number of pyridine rings is 2. The second-order valence-corrected chi connectivity index (χ2v) is 11.8. The van der Waals surface area contributed by atoms with Gasteiger partial charge in [-0.15, -0.1) is 35.7 Å². The first kappa shape index (κ1) is 37.5. The number of morpholine rings is 1. The number of hydrogen-bond donors (Lipinski definition) is 1. The fourth-order valence-corrected chi connectivity index (χ4v) is 6.03. The molecular formula is C38H39FN4O6U. The molecule has 0 saturated carbocycles. The minimum Gasteiger partial charge on any atom is -0.503 e. The fourth-order valence-electron chi connectivity index (χ4n) is 6.03. The summed E-state index contributed by atoms with van der Waals surface area (Å²) in [6.07, 6.45) is 5.95. The predicted molar refractivity (Wildman–Crippen MR) is 185 cm³/mol. The van der Waals surface area contributed by atoms with Crippen molar-refractivity contribution in [2.45, 2.75) is 25.3 Å². The number of rotatable bonds is 9. The van der Waals surface area contributed by atoms with E-state index in [1.165, 1.54) is 12.1 Å². The summed E-state index contributed by atoms with van der Waals surface area (Å²) in [7, 11) is 1.65. The number of methoxy groups -OCH3 is 1. The first-order valence-corrected chi connectivity index (χ1v) is 16.5. The number of hydrogen-bond acceptors (Lipinski definition) is 8. The van der Waals surface area contributed by atoms with E-state index in [4.69, 9.17) is 18.9 Å². The van der Waals surface area contributed by atoms with Crippen molar-refractivity contribution in [1.82, 2.24) is 14.5 Å². The largest absolute Gasteiger partial charge is 2.00 e. The Hall–Kier alpha value is -3.79. The van der Waals surface area contributed by atoms with Gasteiger partial charge in [0, 0.05) is 56.3 Å². The molecule has 1 amide bonds. The maximum absolute atomic E-state index is 13.3. The Morgan fingerprint density at radius 3 is 2.58 bits per heavy atom. The van der Waals surface area contributed by atoms with Crippen LogP contribution < -0.4 is 20.2 Å². The summed E-state index contributed by atoms with van der Waals surface area (Å²) in [5.41, 5.74) is 1.64. The minimum absolute atomic E-state index is 0. The van der Waals surface area contributed by atoms with Crippen LogP contribution in [0.15, 0.2) is 77.9 Å². The zero-order chi connectivity index (χ0) is 34.0. The third kappa shape index (κ3) is 9.50. The molecule has 3 aromatic carbocycles. The topological polar surface area (TPSA) is 104 Å². The summed E-state index contributed by atoms with van der Waals surface area (Å²) in [6.45, 7) is 6.68. The number of nitrogens with zero attached hydrogens (tertiary/aromatic N) is 3. The van der Waals surface area contributed by atoms with Crippen LogP contribution in [0.4, 0.5) is 10.1 Å². The number of ether oxygens (including phenoxy) is 4. The zero-order valence-electron chi connectivity index (χ0n) is 28.0. The number of nitrogens with one attached hydrogen (secondary N) is 1. The van der Waals surface area contributed by atoms with E-state index in [2.05, 4.69) is 27.3 Å². The molecule has 0 atom stereocenters. The third-order valence-corrected chi connectivity index (χ3v) is 8.58. The van der Waals surface area contributed by atoms with Crippen molar-refractivity contribution < 1.29 is 59.2 Å². The monoisotopic (exact) mass is 904 g/mol. The first-order valence-electron chi connectivity index (χ1n) is 16.5. The number of benzene rings is 3. The molecule has 1 N–H and O–H groups in total. The molecule has 12 heteroatoms. The van der Waals surface area contributed by atoms with Crippen molar-refractivity contribution >= 4 is 33.4 Å². The molecule has 5 aromatic rings. The summed E-state index contributed by atoms with van der Waals surface area (Å²) in [5.74, 6) is 0.329. The molecule has 0 spiro atoms. The van der Waals surface area contributed by atoms with E-state index in [0.29, 0.717) is 25.2 Å². The Kier molecular flexibility index (Phi) is 13.8. The average Bonchev–Trinajstić information content (AvgIpc) is 3.14. The summed E-state index contributed by atoms with van der Waals surface area (Å²) < 4.78 is 37.4. The molecule has 0 unspecified atom stereocenters. The van der Waals surface area contributed by atoms with Gasteiger partial charge in [-0.05, 0) is 43.0 Å². The fraction of sp³-hybridized carbons (Fsp3) is 0.342. The first-order chi connectivity index (χ1) is 24.0. The summed E-state index contributed by atoms with van der Waals surface area (Å²) in [6, 6.07) is 22.6. The van der Waals surface area contributed by atoms with Gasteiger partial charge in [0.15, 0.2) is 0 Å². The molecule has 2 aromatic heterocycles. The van der Waals surface area contributed by atoms with Crippen LogP contribution in [-0.4, -0.2) is 80.1 Å². The second-order valence-electron chi connectivity index (χ2n) is 11.8. The number of aromatic nitrogens is 2. The van der Waals surface area contributed by atoms with Gasteiger partial charge in [0.2, 0.25) is 5.43 Å². The third-order valence-electron chi connectivity index (χ3n) is 8.58. The van der Waals surface area contributed by atoms with Crippen molar-refractivity contribution in [2.75, 3.05) is 65.1 Å². The molecule has 2 saturated heterocycles. The standard InChI is InChI=1S/C21H18FN2O3.C17H21N2O3.U/c22-14-4-3-5-15(12-14)23-21(26)18-13-24(16-8-10-27-11-9-16)19-7-2-1-6-17(19)20(18)25;1-20-16-12-14-4-2-5-18-15(14)13-17(16)22-9-3-6-19-7-10-21-11-8-19;/h1-3,5-7,12-13,16H,8-11H2,(H,23,26);2,5,12-13H,3,6-11H2,1H3;/q2*-1;+2. The normalized spacial score (nSPS) is 15.1. The van der Waals surface area contributed by atoms with Gasteiger partial charge in [-0.25, -0.2) is 4.39 Å². The quantitative estimate of drug-likeness (QED) is 0.149. The molecule has 0 aliphatic carbocycles. The van der Waals surface area contributed by atoms with Crippen LogP contribution in [0.1, 0.15) is 35.7 Å². The smallest absolute Gasteiger partial charge is 0.503 e. The Morgan fingerprint density at radius 2 is 1.80 bits per heavy atom. The van der Waals surface area contributed by atoms with Crippen LogP contribution in [0.2, 0.25) is 0 Å². The van der Waals surface area contributed by atoms with E-state index >= 15 is 0 Å². The zero-order valence-corrected chi connectivity index (χ0v) is 32.1. The maximum Gasteiger partial charge on any atom is 2.00 e.